The van der Waals surface area contributed by atoms with Crippen LogP contribution in [0.25, 0.3) is 11.0 Å². The van der Waals surface area contributed by atoms with Crippen molar-refractivity contribution in [3.8, 4) is 0 Å². The molecule has 0 aliphatic carbocycles. The molecular formula is C22H22N4OS2. The number of aromatic amines is 1. The predicted molar refractivity (Wildman–Crippen MR) is 121 cm³/mol. The van der Waals surface area contributed by atoms with Crippen molar-refractivity contribution in [2.24, 2.45) is 0 Å². The van der Waals surface area contributed by atoms with Crippen LogP contribution in [0.1, 0.15) is 29.3 Å². The van der Waals surface area contributed by atoms with Gasteiger partial charge in [0.2, 0.25) is 5.91 Å². The van der Waals surface area contributed by atoms with E-state index in [0.717, 1.165) is 38.7 Å². The number of imidazole rings is 1. The van der Waals surface area contributed by atoms with Gasteiger partial charge in [-0.05, 0) is 44.0 Å². The molecule has 0 saturated heterocycles. The lowest BCUT2D eigenvalue weighted by Gasteiger charge is -2.23. The third-order valence-electron chi connectivity index (χ3n) is 4.63. The number of hydrogen-bond acceptors (Lipinski definition) is 5. The molecule has 0 aliphatic heterocycles. The highest BCUT2D eigenvalue weighted by Gasteiger charge is 2.22. The molecule has 0 fully saturated rings. The number of para-hydroxylation sites is 2. The monoisotopic (exact) mass is 422 g/mol. The SMILES string of the molecule is CC(=O)N(c1nc(CSc2nc3ccccc3[nH]2)cs1)c1c(C)cc(C)cc1C. The lowest BCUT2D eigenvalue weighted by molar-refractivity contribution is -0.115. The van der Waals surface area contributed by atoms with Crippen molar-refractivity contribution in [3.63, 3.8) is 0 Å². The second-order valence-electron chi connectivity index (χ2n) is 7.07. The first-order valence-corrected chi connectivity index (χ1v) is 11.2. The molecule has 0 radical (unpaired) electrons. The highest BCUT2D eigenvalue weighted by atomic mass is 32.2. The summed E-state index contributed by atoms with van der Waals surface area (Å²) in [6.45, 7) is 7.73. The number of hydrogen-bond donors (Lipinski definition) is 1. The van der Waals surface area contributed by atoms with Gasteiger partial charge in [-0.1, -0.05) is 41.6 Å². The Hall–Kier alpha value is -2.64. The van der Waals surface area contributed by atoms with Gasteiger partial charge < -0.3 is 4.98 Å². The first-order chi connectivity index (χ1) is 13.9. The number of rotatable bonds is 5. The van der Waals surface area contributed by atoms with Gasteiger partial charge in [0.25, 0.3) is 0 Å². The van der Waals surface area contributed by atoms with Crippen LogP contribution in [0, 0.1) is 20.8 Å². The maximum Gasteiger partial charge on any atom is 0.230 e. The van der Waals surface area contributed by atoms with E-state index in [0.29, 0.717) is 10.9 Å². The number of fused-ring (bicyclic) bond motifs is 1. The number of carbonyl (C=O) groups is 1. The number of amides is 1. The molecule has 0 spiro atoms. The van der Waals surface area contributed by atoms with Crippen molar-refractivity contribution < 1.29 is 4.79 Å². The van der Waals surface area contributed by atoms with Gasteiger partial charge in [0.05, 0.1) is 22.4 Å². The van der Waals surface area contributed by atoms with Crippen LogP contribution in [-0.4, -0.2) is 20.9 Å². The van der Waals surface area contributed by atoms with E-state index >= 15 is 0 Å². The van der Waals surface area contributed by atoms with Gasteiger partial charge in [-0.3, -0.25) is 9.69 Å². The van der Waals surface area contributed by atoms with Crippen LogP contribution >= 0.6 is 23.1 Å². The molecule has 0 bridgehead atoms. The number of H-pyrrole nitrogens is 1. The zero-order valence-corrected chi connectivity index (χ0v) is 18.4. The quantitative estimate of drug-likeness (QED) is 0.405. The maximum atomic E-state index is 12.5. The molecular weight excluding hydrogens is 400 g/mol. The smallest absolute Gasteiger partial charge is 0.230 e. The Morgan fingerprint density at radius 3 is 2.55 bits per heavy atom. The number of thioether (sulfide) groups is 1. The van der Waals surface area contributed by atoms with Gasteiger partial charge in [0, 0.05) is 18.1 Å². The van der Waals surface area contributed by atoms with E-state index in [4.69, 9.17) is 4.98 Å². The molecule has 2 heterocycles. The van der Waals surface area contributed by atoms with Crippen LogP contribution in [-0.2, 0) is 10.5 Å². The Balaban J connectivity index is 1.57. The van der Waals surface area contributed by atoms with Crippen molar-refractivity contribution in [2.45, 2.75) is 38.6 Å². The lowest BCUT2D eigenvalue weighted by Crippen LogP contribution is -2.24. The number of nitrogens with one attached hydrogen (secondary N) is 1. The molecule has 29 heavy (non-hydrogen) atoms. The minimum Gasteiger partial charge on any atom is -0.333 e. The number of aromatic nitrogens is 3. The van der Waals surface area contributed by atoms with E-state index in [1.165, 1.54) is 16.9 Å². The number of benzene rings is 2. The van der Waals surface area contributed by atoms with Crippen LogP contribution in [0.5, 0.6) is 0 Å². The van der Waals surface area contributed by atoms with Crippen LogP contribution in [0.3, 0.4) is 0 Å². The van der Waals surface area contributed by atoms with E-state index in [1.807, 2.05) is 43.5 Å². The summed E-state index contributed by atoms with van der Waals surface area (Å²) in [6, 6.07) is 12.2. The van der Waals surface area contributed by atoms with E-state index < -0.39 is 0 Å². The molecule has 2 aromatic carbocycles. The molecule has 5 nitrogen and oxygen atoms in total. The van der Waals surface area contributed by atoms with Gasteiger partial charge in [-0.15, -0.1) is 11.3 Å². The standard InChI is InChI=1S/C22H22N4OS2/c1-13-9-14(2)20(15(3)10-13)26(16(4)27)22-23-17(12-29-22)11-28-21-24-18-7-5-6-8-19(18)25-21/h5-10,12H,11H2,1-4H3,(H,24,25). The van der Waals surface area contributed by atoms with Crippen LogP contribution in [0.15, 0.2) is 46.9 Å². The number of nitrogens with zero attached hydrogens (tertiary/aromatic N) is 3. The fourth-order valence-electron chi connectivity index (χ4n) is 3.52. The molecule has 0 atom stereocenters. The molecule has 148 valence electrons. The van der Waals surface area contributed by atoms with Gasteiger partial charge in [0.15, 0.2) is 10.3 Å². The minimum absolute atomic E-state index is 0.0362. The van der Waals surface area contributed by atoms with Gasteiger partial charge in [0.1, 0.15) is 0 Å². The summed E-state index contributed by atoms with van der Waals surface area (Å²) >= 11 is 3.10. The molecule has 0 unspecified atom stereocenters. The molecule has 1 amide bonds. The molecule has 7 heteroatoms. The summed E-state index contributed by atoms with van der Waals surface area (Å²) in [5.74, 6) is 0.652. The first kappa shape index (κ1) is 19.7. The van der Waals surface area contributed by atoms with Crippen molar-refractivity contribution in [1.82, 2.24) is 15.0 Å². The molecule has 0 saturated carbocycles. The van der Waals surface area contributed by atoms with E-state index in [-0.39, 0.29) is 5.91 Å². The second kappa shape index (κ2) is 8.00. The molecule has 1 N–H and O–H groups in total. The highest BCUT2D eigenvalue weighted by molar-refractivity contribution is 7.98. The normalized spacial score (nSPS) is 11.2. The second-order valence-corrected chi connectivity index (χ2v) is 8.87. The third kappa shape index (κ3) is 4.06. The molecule has 0 aliphatic rings. The Morgan fingerprint density at radius 2 is 1.86 bits per heavy atom. The van der Waals surface area contributed by atoms with Crippen molar-refractivity contribution in [3.05, 3.63) is 64.2 Å². The van der Waals surface area contributed by atoms with Crippen LogP contribution in [0.4, 0.5) is 10.8 Å². The Morgan fingerprint density at radius 1 is 1.14 bits per heavy atom. The maximum absolute atomic E-state index is 12.5. The number of thiazole rings is 1. The third-order valence-corrected chi connectivity index (χ3v) is 6.41. The van der Waals surface area contributed by atoms with Crippen molar-refractivity contribution in [1.29, 1.82) is 0 Å². The number of carbonyl (C=O) groups excluding carboxylic acids is 1. The van der Waals surface area contributed by atoms with Gasteiger partial charge >= 0.3 is 0 Å². The predicted octanol–water partition coefficient (Wildman–Crippen LogP) is 5.92. The fraction of sp³-hybridized carbons (Fsp3) is 0.227. The summed E-state index contributed by atoms with van der Waals surface area (Å²) in [4.78, 5) is 26.9. The largest absolute Gasteiger partial charge is 0.333 e. The van der Waals surface area contributed by atoms with Gasteiger partial charge in [-0.25, -0.2) is 9.97 Å². The first-order valence-electron chi connectivity index (χ1n) is 9.33. The minimum atomic E-state index is -0.0362. The van der Waals surface area contributed by atoms with Crippen LogP contribution in [0.2, 0.25) is 0 Å². The van der Waals surface area contributed by atoms with E-state index in [9.17, 15) is 4.79 Å². The summed E-state index contributed by atoms with van der Waals surface area (Å²) in [5.41, 5.74) is 7.19. The van der Waals surface area contributed by atoms with Crippen LogP contribution < -0.4 is 4.90 Å². The average molecular weight is 423 g/mol. The van der Waals surface area contributed by atoms with E-state index in [1.54, 1.807) is 23.6 Å². The number of aryl methyl sites for hydroxylation is 3. The molecule has 4 rings (SSSR count). The Kier molecular flexibility index (Phi) is 5.43. The number of anilines is 2. The van der Waals surface area contributed by atoms with Crippen molar-refractivity contribution in [2.75, 3.05) is 4.90 Å². The van der Waals surface area contributed by atoms with Gasteiger partial charge in [-0.2, -0.15) is 0 Å². The summed E-state index contributed by atoms with van der Waals surface area (Å²) in [5, 5.41) is 3.59. The Labute approximate surface area is 178 Å². The topological polar surface area (TPSA) is 61.9 Å². The fourth-order valence-corrected chi connectivity index (χ4v) is 5.27. The lowest BCUT2D eigenvalue weighted by atomic mass is 10.0. The summed E-state index contributed by atoms with van der Waals surface area (Å²) < 4.78 is 0. The average Bonchev–Trinajstić information content (AvgIpc) is 3.28. The van der Waals surface area contributed by atoms with E-state index in [2.05, 4.69) is 29.0 Å². The summed E-state index contributed by atoms with van der Waals surface area (Å²) in [7, 11) is 0. The summed E-state index contributed by atoms with van der Waals surface area (Å²) in [6.07, 6.45) is 0. The molecule has 4 aromatic rings. The molecule has 2 aromatic heterocycles. The zero-order chi connectivity index (χ0) is 20.5. The highest BCUT2D eigenvalue weighted by Crippen LogP contribution is 2.35. The van der Waals surface area contributed by atoms with Crippen molar-refractivity contribution >= 4 is 50.9 Å². The zero-order valence-electron chi connectivity index (χ0n) is 16.8. The Bertz CT molecular complexity index is 1140.